The van der Waals surface area contributed by atoms with E-state index in [4.69, 9.17) is 9.88 Å². The Morgan fingerprint density at radius 2 is 2.00 bits per heavy atom. The summed E-state index contributed by atoms with van der Waals surface area (Å²) >= 11 is 0. The maximum Gasteiger partial charge on any atom is 0.209 e. The summed E-state index contributed by atoms with van der Waals surface area (Å²) in [6.45, 7) is 1.81. The van der Waals surface area contributed by atoms with E-state index >= 15 is 0 Å². The summed E-state index contributed by atoms with van der Waals surface area (Å²) < 4.78 is 27.0. The van der Waals surface area contributed by atoms with Crippen molar-refractivity contribution >= 4 is 10.0 Å². The van der Waals surface area contributed by atoms with Crippen molar-refractivity contribution in [1.29, 1.82) is 0 Å². The van der Waals surface area contributed by atoms with Gasteiger partial charge in [-0.25, -0.2) is 13.6 Å². The minimum Gasteiger partial charge on any atom is -0.496 e. The number of ether oxygens (including phenoxy) is 1. The molecule has 0 aliphatic carbocycles. The average Bonchev–Trinajstić information content (AvgIpc) is 2.15. The number of para-hydroxylation sites is 1. The molecule has 1 unspecified atom stereocenters. The lowest BCUT2D eigenvalue weighted by Crippen LogP contribution is -2.20. The van der Waals surface area contributed by atoms with Crippen LogP contribution in [0.2, 0.25) is 0 Å². The molecule has 0 saturated carbocycles. The summed E-state index contributed by atoms with van der Waals surface area (Å²) in [5, 5.41) is 5.00. The SMILES string of the molecule is COc1ccccc1C(C)CS(N)(=O)=O. The molecule has 0 amide bonds. The number of rotatable bonds is 4. The summed E-state index contributed by atoms with van der Waals surface area (Å²) in [5.74, 6) is 0.442. The van der Waals surface area contributed by atoms with Crippen LogP contribution in [0.3, 0.4) is 0 Å². The van der Waals surface area contributed by atoms with Crippen molar-refractivity contribution in [3.8, 4) is 5.75 Å². The molecule has 4 nitrogen and oxygen atoms in total. The first-order valence-electron chi connectivity index (χ1n) is 4.57. The van der Waals surface area contributed by atoms with Crippen molar-refractivity contribution in [3.63, 3.8) is 0 Å². The quantitative estimate of drug-likeness (QED) is 0.840. The molecule has 5 heteroatoms. The van der Waals surface area contributed by atoms with Gasteiger partial charge in [0.1, 0.15) is 5.75 Å². The fourth-order valence-electron chi connectivity index (χ4n) is 1.51. The van der Waals surface area contributed by atoms with Gasteiger partial charge in [-0.1, -0.05) is 25.1 Å². The predicted molar refractivity (Wildman–Crippen MR) is 59.4 cm³/mol. The molecule has 0 aliphatic heterocycles. The minimum absolute atomic E-state index is 0.0760. The molecule has 84 valence electrons. The number of benzene rings is 1. The van der Waals surface area contributed by atoms with Crippen LogP contribution < -0.4 is 9.88 Å². The molecule has 0 saturated heterocycles. The van der Waals surface area contributed by atoms with Gasteiger partial charge in [0.05, 0.1) is 12.9 Å². The van der Waals surface area contributed by atoms with Crippen molar-refractivity contribution < 1.29 is 13.2 Å². The summed E-state index contributed by atoms with van der Waals surface area (Å²) in [7, 11) is -1.89. The Hall–Kier alpha value is -1.07. The maximum atomic E-state index is 11.0. The lowest BCUT2D eigenvalue weighted by molar-refractivity contribution is 0.407. The third-order valence-electron chi connectivity index (χ3n) is 2.15. The first-order chi connectivity index (χ1) is 6.94. The summed E-state index contributed by atoms with van der Waals surface area (Å²) in [5.41, 5.74) is 0.856. The fraction of sp³-hybridized carbons (Fsp3) is 0.400. The highest BCUT2D eigenvalue weighted by molar-refractivity contribution is 7.89. The van der Waals surface area contributed by atoms with Crippen LogP contribution in [0.15, 0.2) is 24.3 Å². The molecule has 0 spiro atoms. The Bertz CT molecular complexity index is 428. The Labute approximate surface area is 90.1 Å². The van der Waals surface area contributed by atoms with E-state index in [1.165, 1.54) is 0 Å². The van der Waals surface area contributed by atoms with E-state index in [9.17, 15) is 8.42 Å². The molecular weight excluding hydrogens is 214 g/mol. The Balaban J connectivity index is 2.95. The standard InChI is InChI=1S/C10H15NO3S/c1-8(7-15(11,12)13)9-5-3-4-6-10(9)14-2/h3-6,8H,7H2,1-2H3,(H2,11,12,13). The van der Waals surface area contributed by atoms with Crippen LogP contribution in [0.25, 0.3) is 0 Å². The summed E-state index contributed by atoms with van der Waals surface area (Å²) in [6.07, 6.45) is 0. The smallest absolute Gasteiger partial charge is 0.209 e. The molecule has 0 fully saturated rings. The monoisotopic (exact) mass is 229 g/mol. The number of sulfonamides is 1. The molecule has 0 aliphatic rings. The van der Waals surface area contributed by atoms with Crippen molar-refractivity contribution in [2.45, 2.75) is 12.8 Å². The van der Waals surface area contributed by atoms with Crippen molar-refractivity contribution in [2.75, 3.05) is 12.9 Å². The normalized spacial score (nSPS) is 13.5. The molecule has 1 rings (SSSR count). The van der Waals surface area contributed by atoms with Gasteiger partial charge in [0.15, 0.2) is 0 Å². The topological polar surface area (TPSA) is 69.4 Å². The summed E-state index contributed by atoms with van der Waals surface area (Å²) in [6, 6.07) is 7.33. The van der Waals surface area contributed by atoms with Crippen molar-refractivity contribution in [3.05, 3.63) is 29.8 Å². The number of hydrogen-bond acceptors (Lipinski definition) is 3. The molecule has 2 N–H and O–H groups in total. The van der Waals surface area contributed by atoms with Crippen LogP contribution in [-0.4, -0.2) is 21.3 Å². The predicted octanol–water partition coefficient (Wildman–Crippen LogP) is 1.09. The van der Waals surface area contributed by atoms with Crippen LogP contribution in [-0.2, 0) is 10.0 Å². The van der Waals surface area contributed by atoms with Gasteiger partial charge >= 0.3 is 0 Å². The molecule has 0 bridgehead atoms. The van der Waals surface area contributed by atoms with E-state index in [1.807, 2.05) is 25.1 Å². The lowest BCUT2D eigenvalue weighted by Gasteiger charge is -2.14. The average molecular weight is 229 g/mol. The van der Waals surface area contributed by atoms with Gasteiger partial charge in [-0.05, 0) is 17.5 Å². The van der Waals surface area contributed by atoms with Gasteiger partial charge in [0.25, 0.3) is 0 Å². The van der Waals surface area contributed by atoms with Crippen molar-refractivity contribution in [2.24, 2.45) is 5.14 Å². The largest absolute Gasteiger partial charge is 0.496 e. The fourth-order valence-corrected chi connectivity index (χ4v) is 2.39. The first-order valence-corrected chi connectivity index (χ1v) is 6.29. The Morgan fingerprint density at radius 3 is 2.53 bits per heavy atom. The Kier molecular flexibility index (Phi) is 3.71. The summed E-state index contributed by atoms with van der Waals surface area (Å²) in [4.78, 5) is 0. The second kappa shape index (κ2) is 4.63. The molecule has 1 aromatic rings. The van der Waals surface area contributed by atoms with E-state index in [0.29, 0.717) is 5.75 Å². The van der Waals surface area contributed by atoms with Crippen LogP contribution in [0.5, 0.6) is 5.75 Å². The van der Waals surface area contributed by atoms with E-state index in [1.54, 1.807) is 13.2 Å². The highest BCUT2D eigenvalue weighted by Crippen LogP contribution is 2.26. The second-order valence-electron chi connectivity index (χ2n) is 3.47. The molecule has 15 heavy (non-hydrogen) atoms. The van der Waals surface area contributed by atoms with Crippen LogP contribution in [0.4, 0.5) is 0 Å². The van der Waals surface area contributed by atoms with E-state index in [2.05, 4.69) is 0 Å². The molecule has 1 atom stereocenters. The number of methoxy groups -OCH3 is 1. The number of primary sulfonamides is 1. The minimum atomic E-state index is -3.45. The second-order valence-corrected chi connectivity index (χ2v) is 5.13. The van der Waals surface area contributed by atoms with Gasteiger partial charge in [0.2, 0.25) is 10.0 Å². The zero-order chi connectivity index (χ0) is 11.5. The molecule has 0 heterocycles. The highest BCUT2D eigenvalue weighted by atomic mass is 32.2. The molecule has 0 radical (unpaired) electrons. The van der Waals surface area contributed by atoms with Gasteiger partial charge < -0.3 is 4.74 Å². The van der Waals surface area contributed by atoms with Crippen molar-refractivity contribution in [1.82, 2.24) is 0 Å². The molecule has 0 aromatic heterocycles. The third kappa shape index (κ3) is 3.53. The van der Waals surface area contributed by atoms with E-state index in [0.717, 1.165) is 5.56 Å². The highest BCUT2D eigenvalue weighted by Gasteiger charge is 2.16. The van der Waals surface area contributed by atoms with Gasteiger partial charge in [-0.15, -0.1) is 0 Å². The van der Waals surface area contributed by atoms with Crippen LogP contribution >= 0.6 is 0 Å². The Morgan fingerprint density at radius 1 is 1.40 bits per heavy atom. The zero-order valence-corrected chi connectivity index (χ0v) is 9.62. The zero-order valence-electron chi connectivity index (χ0n) is 8.80. The van der Waals surface area contributed by atoms with Gasteiger partial charge in [-0.2, -0.15) is 0 Å². The van der Waals surface area contributed by atoms with Gasteiger partial charge in [0, 0.05) is 0 Å². The third-order valence-corrected chi connectivity index (χ3v) is 3.12. The van der Waals surface area contributed by atoms with E-state index in [-0.39, 0.29) is 11.7 Å². The molecular formula is C10H15NO3S. The van der Waals surface area contributed by atoms with Crippen LogP contribution in [0.1, 0.15) is 18.4 Å². The maximum absolute atomic E-state index is 11.0. The van der Waals surface area contributed by atoms with Gasteiger partial charge in [-0.3, -0.25) is 0 Å². The van der Waals surface area contributed by atoms with Crippen LogP contribution in [0, 0.1) is 0 Å². The lowest BCUT2D eigenvalue weighted by atomic mass is 10.0. The molecule has 1 aromatic carbocycles. The first kappa shape index (κ1) is 12.0. The van der Waals surface area contributed by atoms with E-state index < -0.39 is 10.0 Å². The number of hydrogen-bond donors (Lipinski definition) is 1. The number of nitrogens with two attached hydrogens (primary N) is 1.